The van der Waals surface area contributed by atoms with Crippen LogP contribution in [0.15, 0.2) is 35.2 Å². The molecule has 4 heteroatoms. The minimum atomic E-state index is -0.417. The van der Waals surface area contributed by atoms with Crippen molar-refractivity contribution >= 4 is 17.7 Å². The second-order valence-electron chi connectivity index (χ2n) is 7.53. The fourth-order valence-corrected chi connectivity index (χ4v) is 4.96. The average molecular weight is 349 g/mol. The number of benzene rings is 1. The van der Waals surface area contributed by atoms with Crippen LogP contribution in [0.25, 0.3) is 0 Å². The first-order valence-electron chi connectivity index (χ1n) is 9.09. The second kappa shape index (κ2) is 7.92. The summed E-state index contributed by atoms with van der Waals surface area (Å²) in [6.07, 6.45) is 3.76. The van der Waals surface area contributed by atoms with Crippen LogP contribution in [0.4, 0.5) is 0 Å². The molecule has 1 aliphatic heterocycles. The van der Waals surface area contributed by atoms with Gasteiger partial charge in [0.15, 0.2) is 0 Å². The Kier molecular flexibility index (Phi) is 5.88. The molecule has 1 aromatic carbocycles. The van der Waals surface area contributed by atoms with Crippen molar-refractivity contribution in [3.63, 3.8) is 0 Å². The van der Waals surface area contributed by atoms with E-state index in [9.17, 15) is 4.79 Å². The molecule has 4 unspecified atom stereocenters. The number of rotatable bonds is 5. The lowest BCUT2D eigenvalue weighted by molar-refractivity contribution is -0.185. The predicted octanol–water partition coefficient (Wildman–Crippen LogP) is 4.90. The van der Waals surface area contributed by atoms with Crippen LogP contribution in [0.3, 0.4) is 0 Å². The van der Waals surface area contributed by atoms with Gasteiger partial charge in [-0.3, -0.25) is 4.79 Å². The Hall–Kier alpha value is -1.00. The molecule has 2 fully saturated rings. The molecule has 1 aliphatic carbocycles. The fourth-order valence-electron chi connectivity index (χ4n) is 3.84. The van der Waals surface area contributed by atoms with E-state index in [2.05, 4.69) is 32.9 Å². The molecule has 0 bridgehead atoms. The summed E-state index contributed by atoms with van der Waals surface area (Å²) in [6, 6.07) is 10.2. The maximum absolute atomic E-state index is 11.9. The molecule has 1 saturated heterocycles. The number of carbonyl (C=O) groups excluding carboxylic acids is 1. The van der Waals surface area contributed by atoms with Crippen LogP contribution in [0, 0.1) is 17.8 Å². The smallest absolute Gasteiger partial charge is 0.309 e. The molecule has 24 heavy (non-hydrogen) atoms. The predicted molar refractivity (Wildman–Crippen MR) is 96.8 cm³/mol. The minimum Gasteiger partial charge on any atom is -0.434 e. The Morgan fingerprint density at radius 1 is 1.21 bits per heavy atom. The Morgan fingerprint density at radius 2 is 1.96 bits per heavy atom. The highest BCUT2D eigenvalue weighted by Crippen LogP contribution is 2.39. The summed E-state index contributed by atoms with van der Waals surface area (Å²) in [5.74, 6) is 1.70. The minimum absolute atomic E-state index is 0.0462. The summed E-state index contributed by atoms with van der Waals surface area (Å²) >= 11 is 1.69. The van der Waals surface area contributed by atoms with Gasteiger partial charge < -0.3 is 9.47 Å². The molecule has 0 radical (unpaired) electrons. The molecule has 3 nitrogen and oxygen atoms in total. The highest BCUT2D eigenvalue weighted by molar-refractivity contribution is 8.00. The Labute approximate surface area is 149 Å². The molecule has 1 saturated carbocycles. The molecule has 0 amide bonds. The lowest BCUT2D eigenvalue weighted by Gasteiger charge is -2.38. The maximum atomic E-state index is 11.9. The zero-order valence-corrected chi connectivity index (χ0v) is 15.6. The highest BCUT2D eigenvalue weighted by atomic mass is 32.2. The molecule has 0 spiro atoms. The van der Waals surface area contributed by atoms with Gasteiger partial charge in [-0.15, -0.1) is 11.8 Å². The number of hydrogen-bond acceptors (Lipinski definition) is 4. The zero-order valence-electron chi connectivity index (χ0n) is 14.8. The average Bonchev–Trinajstić information content (AvgIpc) is 2.87. The van der Waals surface area contributed by atoms with E-state index < -0.39 is 6.29 Å². The van der Waals surface area contributed by atoms with E-state index in [0.29, 0.717) is 24.2 Å². The van der Waals surface area contributed by atoms with Crippen molar-refractivity contribution in [2.24, 2.45) is 17.8 Å². The van der Waals surface area contributed by atoms with Crippen molar-refractivity contribution in [2.75, 3.05) is 0 Å². The highest BCUT2D eigenvalue weighted by Gasteiger charge is 2.41. The van der Waals surface area contributed by atoms with Crippen LogP contribution >= 0.6 is 11.8 Å². The van der Waals surface area contributed by atoms with E-state index in [1.807, 2.05) is 18.2 Å². The van der Waals surface area contributed by atoms with Gasteiger partial charge in [0.2, 0.25) is 6.29 Å². The van der Waals surface area contributed by atoms with Gasteiger partial charge in [0, 0.05) is 4.90 Å². The first-order valence-corrected chi connectivity index (χ1v) is 9.97. The molecule has 1 heterocycles. The lowest BCUT2D eigenvalue weighted by Crippen LogP contribution is -2.39. The van der Waals surface area contributed by atoms with E-state index in [4.69, 9.17) is 9.47 Å². The van der Waals surface area contributed by atoms with Gasteiger partial charge >= 0.3 is 5.97 Å². The first-order chi connectivity index (χ1) is 11.5. The van der Waals surface area contributed by atoms with Gasteiger partial charge in [0.05, 0.1) is 17.8 Å². The van der Waals surface area contributed by atoms with E-state index in [0.717, 1.165) is 11.3 Å². The van der Waals surface area contributed by atoms with Crippen LogP contribution in [0.5, 0.6) is 0 Å². The lowest BCUT2D eigenvalue weighted by atomic mass is 9.75. The van der Waals surface area contributed by atoms with E-state index in [1.54, 1.807) is 11.8 Å². The SMILES string of the molecule is CC1CCC(C(C)C)C(O[C@@H]2OC(=O)CC2Sc2ccccc2)C1. The van der Waals surface area contributed by atoms with Gasteiger partial charge in [-0.2, -0.15) is 0 Å². The third-order valence-corrected chi connectivity index (χ3v) is 6.46. The number of carbonyl (C=O) groups is 1. The van der Waals surface area contributed by atoms with Crippen LogP contribution in [-0.2, 0) is 14.3 Å². The summed E-state index contributed by atoms with van der Waals surface area (Å²) in [7, 11) is 0. The zero-order chi connectivity index (χ0) is 17.1. The molecule has 0 N–H and O–H groups in total. The number of cyclic esters (lactones) is 1. The summed E-state index contributed by atoms with van der Waals surface area (Å²) in [5.41, 5.74) is 0. The first kappa shape index (κ1) is 17.8. The van der Waals surface area contributed by atoms with Crippen LogP contribution in [-0.4, -0.2) is 23.6 Å². The van der Waals surface area contributed by atoms with Crippen molar-refractivity contribution in [1.29, 1.82) is 0 Å². The molecule has 1 aromatic rings. The van der Waals surface area contributed by atoms with Crippen molar-refractivity contribution in [3.8, 4) is 0 Å². The Balaban J connectivity index is 1.68. The molecule has 3 rings (SSSR count). The van der Waals surface area contributed by atoms with Crippen molar-refractivity contribution in [3.05, 3.63) is 30.3 Å². The number of ether oxygens (including phenoxy) is 2. The van der Waals surface area contributed by atoms with Gasteiger partial charge in [0.1, 0.15) is 0 Å². The summed E-state index contributed by atoms with van der Waals surface area (Å²) in [6.45, 7) is 6.84. The largest absolute Gasteiger partial charge is 0.434 e. The maximum Gasteiger partial charge on any atom is 0.309 e. The van der Waals surface area contributed by atoms with E-state index >= 15 is 0 Å². The molecule has 5 atom stereocenters. The fraction of sp³-hybridized carbons (Fsp3) is 0.650. The monoisotopic (exact) mass is 348 g/mol. The van der Waals surface area contributed by atoms with Crippen molar-refractivity contribution in [2.45, 2.75) is 69.0 Å². The Bertz CT molecular complexity index is 545. The van der Waals surface area contributed by atoms with Crippen LogP contribution in [0.2, 0.25) is 0 Å². The van der Waals surface area contributed by atoms with E-state index in [1.165, 1.54) is 12.8 Å². The molecule has 2 aliphatic rings. The number of thioether (sulfide) groups is 1. The standard InChI is InChI=1S/C20H28O3S/c1-13(2)16-10-9-14(3)11-17(16)22-20-18(12-19(21)23-20)24-15-7-5-4-6-8-15/h4-8,13-14,16-18,20H,9-12H2,1-3H3/t14?,16?,17?,18?,20-/m1/s1. The summed E-state index contributed by atoms with van der Waals surface area (Å²) < 4.78 is 11.9. The molecule has 132 valence electrons. The normalized spacial score (nSPS) is 33.7. The Morgan fingerprint density at radius 3 is 2.67 bits per heavy atom. The van der Waals surface area contributed by atoms with Crippen LogP contribution < -0.4 is 0 Å². The number of hydrogen-bond donors (Lipinski definition) is 0. The molecule has 0 aromatic heterocycles. The van der Waals surface area contributed by atoms with Crippen LogP contribution in [0.1, 0.15) is 46.5 Å². The second-order valence-corrected chi connectivity index (χ2v) is 8.84. The van der Waals surface area contributed by atoms with E-state index in [-0.39, 0.29) is 17.3 Å². The quantitative estimate of drug-likeness (QED) is 0.709. The third kappa shape index (κ3) is 4.34. The summed E-state index contributed by atoms with van der Waals surface area (Å²) in [5, 5.41) is 0.0462. The topological polar surface area (TPSA) is 35.5 Å². The van der Waals surface area contributed by atoms with Gasteiger partial charge in [0.25, 0.3) is 0 Å². The number of esters is 1. The van der Waals surface area contributed by atoms with Crippen molar-refractivity contribution < 1.29 is 14.3 Å². The molecular weight excluding hydrogens is 320 g/mol. The third-order valence-electron chi connectivity index (χ3n) is 5.22. The van der Waals surface area contributed by atoms with Gasteiger partial charge in [-0.05, 0) is 42.7 Å². The molecular formula is C20H28O3S. The van der Waals surface area contributed by atoms with Crippen molar-refractivity contribution in [1.82, 2.24) is 0 Å². The van der Waals surface area contributed by atoms with Gasteiger partial charge in [-0.1, -0.05) is 45.4 Å². The van der Waals surface area contributed by atoms with Gasteiger partial charge in [-0.25, -0.2) is 0 Å². The summed E-state index contributed by atoms with van der Waals surface area (Å²) in [4.78, 5) is 13.0.